The van der Waals surface area contributed by atoms with Gasteiger partial charge in [0.15, 0.2) is 0 Å². The number of hydrogen-bond acceptors (Lipinski definition) is 7. The summed E-state index contributed by atoms with van der Waals surface area (Å²) in [6, 6.07) is 6.56. The van der Waals surface area contributed by atoms with Crippen molar-refractivity contribution in [1.29, 1.82) is 0 Å². The minimum Gasteiger partial charge on any atom is -0.480 e. The number of carbonyl (C=O) groups excluding carboxylic acids is 1. The van der Waals surface area contributed by atoms with E-state index in [1.54, 1.807) is 13.8 Å². The van der Waals surface area contributed by atoms with E-state index in [1.165, 1.54) is 6.92 Å². The molecule has 0 radical (unpaired) electrons. The summed E-state index contributed by atoms with van der Waals surface area (Å²) in [6.45, 7) is 4.96. The molecule has 9 nitrogen and oxygen atoms in total. The van der Waals surface area contributed by atoms with Gasteiger partial charge in [0.2, 0.25) is 0 Å². The summed E-state index contributed by atoms with van der Waals surface area (Å²) in [6.07, 6.45) is -0.504. The molecule has 0 unspecified atom stereocenters. The van der Waals surface area contributed by atoms with Crippen LogP contribution in [-0.2, 0) is 25.5 Å². The molecule has 4 atom stereocenters. The maximum atomic E-state index is 11.3. The Bertz CT molecular complexity index is 608. The molecule has 0 spiro atoms. The van der Waals surface area contributed by atoms with E-state index in [4.69, 9.17) is 32.2 Å². The van der Waals surface area contributed by atoms with Crippen LogP contribution in [0.2, 0.25) is 0 Å². The van der Waals surface area contributed by atoms with Gasteiger partial charge in [-0.05, 0) is 24.8 Å². The monoisotopic (exact) mass is 383 g/mol. The van der Waals surface area contributed by atoms with E-state index in [-0.39, 0.29) is 5.92 Å². The summed E-state index contributed by atoms with van der Waals surface area (Å²) in [7, 11) is 0. The summed E-state index contributed by atoms with van der Waals surface area (Å²) in [5.41, 5.74) is 17.1. The fraction of sp³-hybridized carbons (Fsp3) is 0.500. The number of carbonyl (C=O) groups is 3. The van der Waals surface area contributed by atoms with Gasteiger partial charge in [0, 0.05) is 0 Å². The summed E-state index contributed by atoms with van der Waals surface area (Å²) in [4.78, 5) is 32.2. The predicted molar refractivity (Wildman–Crippen MR) is 99.7 cm³/mol. The van der Waals surface area contributed by atoms with E-state index in [1.807, 2.05) is 30.3 Å². The normalized spacial score (nSPS) is 14.9. The van der Waals surface area contributed by atoms with Crippen LogP contribution in [0, 0.1) is 5.92 Å². The second kappa shape index (κ2) is 12.0. The van der Waals surface area contributed by atoms with Crippen LogP contribution in [-0.4, -0.2) is 52.4 Å². The van der Waals surface area contributed by atoms with Crippen LogP contribution in [0.15, 0.2) is 30.3 Å². The van der Waals surface area contributed by atoms with Gasteiger partial charge in [-0.3, -0.25) is 14.4 Å². The molecule has 8 N–H and O–H groups in total. The average molecular weight is 383 g/mol. The first-order valence-electron chi connectivity index (χ1n) is 8.44. The first kappa shape index (κ1) is 24.5. The first-order chi connectivity index (χ1) is 12.5. The molecule has 152 valence electrons. The number of carboxylic acid groups (broad SMARTS) is 2. The lowest BCUT2D eigenvalue weighted by atomic mass is 10.1. The molecule has 0 saturated carbocycles. The summed E-state index contributed by atoms with van der Waals surface area (Å²) >= 11 is 0. The molecule has 0 aliphatic heterocycles. The van der Waals surface area contributed by atoms with Crippen LogP contribution in [0.4, 0.5) is 0 Å². The lowest BCUT2D eigenvalue weighted by molar-refractivity contribution is -0.155. The van der Waals surface area contributed by atoms with Gasteiger partial charge < -0.3 is 32.2 Å². The van der Waals surface area contributed by atoms with Crippen molar-refractivity contribution in [1.82, 2.24) is 0 Å². The highest BCUT2D eigenvalue weighted by molar-refractivity contribution is 5.78. The van der Waals surface area contributed by atoms with Crippen molar-refractivity contribution in [2.45, 2.75) is 51.4 Å². The lowest BCUT2D eigenvalue weighted by Crippen LogP contribution is -2.46. The number of benzene rings is 1. The minimum absolute atomic E-state index is 0.0641. The Balaban J connectivity index is 0.000000511. The van der Waals surface area contributed by atoms with Gasteiger partial charge in [-0.1, -0.05) is 44.2 Å². The van der Waals surface area contributed by atoms with Crippen molar-refractivity contribution >= 4 is 17.9 Å². The molecule has 1 aromatic rings. The van der Waals surface area contributed by atoms with Crippen molar-refractivity contribution in [3.8, 4) is 0 Å². The van der Waals surface area contributed by atoms with Gasteiger partial charge in [0.05, 0.1) is 0 Å². The first-order valence-corrected chi connectivity index (χ1v) is 8.44. The number of hydrogen-bond donors (Lipinski definition) is 5. The second-order valence-corrected chi connectivity index (χ2v) is 6.41. The van der Waals surface area contributed by atoms with Crippen molar-refractivity contribution in [3.63, 3.8) is 0 Å². The predicted octanol–water partition coefficient (Wildman–Crippen LogP) is -0.0457. The highest BCUT2D eigenvalue weighted by Gasteiger charge is 2.27. The fourth-order valence-electron chi connectivity index (χ4n) is 1.76. The Morgan fingerprint density at radius 1 is 0.926 bits per heavy atom. The van der Waals surface area contributed by atoms with E-state index in [0.29, 0.717) is 6.42 Å². The molecule has 0 heterocycles. The highest BCUT2D eigenvalue weighted by Crippen LogP contribution is 2.05. The Kier molecular flexibility index (Phi) is 10.9. The molecule has 0 saturated heterocycles. The second-order valence-electron chi connectivity index (χ2n) is 6.41. The van der Waals surface area contributed by atoms with Crippen molar-refractivity contribution in [3.05, 3.63) is 35.9 Å². The van der Waals surface area contributed by atoms with Crippen LogP contribution >= 0.6 is 0 Å². The molecule has 0 amide bonds. The van der Waals surface area contributed by atoms with E-state index in [9.17, 15) is 14.4 Å². The zero-order valence-electron chi connectivity index (χ0n) is 15.7. The molecule has 27 heavy (non-hydrogen) atoms. The third-order valence-corrected chi connectivity index (χ3v) is 3.70. The molecule has 0 aliphatic rings. The fourth-order valence-corrected chi connectivity index (χ4v) is 1.76. The summed E-state index contributed by atoms with van der Waals surface area (Å²) < 4.78 is 4.83. The molecule has 0 fully saturated rings. The smallest absolute Gasteiger partial charge is 0.324 e. The Morgan fingerprint density at radius 2 is 1.44 bits per heavy atom. The van der Waals surface area contributed by atoms with E-state index in [0.717, 1.165) is 5.56 Å². The number of rotatable bonds is 8. The van der Waals surface area contributed by atoms with Crippen LogP contribution in [0.5, 0.6) is 0 Å². The number of nitrogens with two attached hydrogens (primary N) is 3. The molecular weight excluding hydrogens is 354 g/mol. The standard InChI is InChI=1S/C9H18N2O4.C9H11NO2/c1-4(2)6(10)9(14)15-5(3)7(11)8(12)13;10-8(9(11)12)6-7-4-2-1-3-5-7/h4-7H,10-11H2,1-3H3,(H,12,13);1-5,8H,6,10H2,(H,11,12)/t5-,6+,7+;8-/m10/s1. The van der Waals surface area contributed by atoms with Gasteiger partial charge >= 0.3 is 17.9 Å². The number of ether oxygens (including phenoxy) is 1. The van der Waals surface area contributed by atoms with Crippen LogP contribution in [0.3, 0.4) is 0 Å². The largest absolute Gasteiger partial charge is 0.480 e. The van der Waals surface area contributed by atoms with E-state index < -0.39 is 42.1 Å². The molecule has 0 aromatic heterocycles. The molecular formula is C18H29N3O6. The van der Waals surface area contributed by atoms with Crippen LogP contribution < -0.4 is 17.2 Å². The Hall–Kier alpha value is -2.49. The molecule has 9 heteroatoms. The Labute approximate surface area is 158 Å². The quantitative estimate of drug-likeness (QED) is 0.385. The van der Waals surface area contributed by atoms with Gasteiger partial charge in [0.1, 0.15) is 24.2 Å². The van der Waals surface area contributed by atoms with Gasteiger partial charge in [-0.25, -0.2) is 0 Å². The van der Waals surface area contributed by atoms with Crippen molar-refractivity contribution in [2.75, 3.05) is 0 Å². The van der Waals surface area contributed by atoms with Gasteiger partial charge in [-0.15, -0.1) is 0 Å². The average Bonchev–Trinajstić information content (AvgIpc) is 2.61. The van der Waals surface area contributed by atoms with E-state index in [2.05, 4.69) is 0 Å². The lowest BCUT2D eigenvalue weighted by Gasteiger charge is -2.20. The maximum Gasteiger partial charge on any atom is 0.324 e. The minimum atomic E-state index is -1.23. The number of esters is 1. The van der Waals surface area contributed by atoms with Crippen molar-refractivity contribution in [2.24, 2.45) is 23.1 Å². The molecule has 1 aromatic carbocycles. The molecule has 1 rings (SSSR count). The summed E-state index contributed by atoms with van der Waals surface area (Å²) in [5, 5.41) is 17.1. The number of aliphatic carboxylic acids is 2. The zero-order chi connectivity index (χ0) is 21.1. The van der Waals surface area contributed by atoms with E-state index >= 15 is 0 Å². The number of carboxylic acids is 2. The maximum absolute atomic E-state index is 11.3. The SMILES string of the molecule is CC(C)[C@H](N)C(=O)O[C@H](C)[C@H](N)C(=O)O.N[C@@H](Cc1ccccc1)C(=O)O. The van der Waals surface area contributed by atoms with Gasteiger partial charge in [-0.2, -0.15) is 0 Å². The van der Waals surface area contributed by atoms with Crippen molar-refractivity contribution < 1.29 is 29.3 Å². The third kappa shape index (κ3) is 9.69. The topological polar surface area (TPSA) is 179 Å². The van der Waals surface area contributed by atoms with Gasteiger partial charge in [0.25, 0.3) is 0 Å². The van der Waals surface area contributed by atoms with Crippen LogP contribution in [0.1, 0.15) is 26.3 Å². The summed E-state index contributed by atoms with van der Waals surface area (Å²) in [5.74, 6) is -2.87. The molecule has 0 bridgehead atoms. The zero-order valence-corrected chi connectivity index (χ0v) is 15.7. The third-order valence-electron chi connectivity index (χ3n) is 3.70. The highest BCUT2D eigenvalue weighted by atomic mass is 16.5. The Morgan fingerprint density at radius 3 is 1.85 bits per heavy atom. The molecule has 0 aliphatic carbocycles. The van der Waals surface area contributed by atoms with Crippen LogP contribution in [0.25, 0.3) is 0 Å².